The molecule has 4 heteroatoms. The smallest absolute Gasteiger partial charge is 0.0746 e. The summed E-state index contributed by atoms with van der Waals surface area (Å²) in [6.07, 6.45) is 2.36. The van der Waals surface area contributed by atoms with E-state index in [2.05, 4.69) is 25.7 Å². The molecule has 1 aliphatic heterocycles. The number of hydrogen-bond donors (Lipinski definition) is 1. The predicted octanol–water partition coefficient (Wildman–Crippen LogP) is 4.84. The van der Waals surface area contributed by atoms with Gasteiger partial charge in [0.1, 0.15) is 0 Å². The summed E-state index contributed by atoms with van der Waals surface area (Å²) in [4.78, 5) is 2.28. The summed E-state index contributed by atoms with van der Waals surface area (Å²) in [7, 11) is 0. The number of nitrogens with zero attached hydrogens (tertiary/aromatic N) is 1. The van der Waals surface area contributed by atoms with E-state index in [0.29, 0.717) is 21.1 Å². The molecule has 0 amide bonds. The van der Waals surface area contributed by atoms with Crippen molar-refractivity contribution in [2.45, 2.75) is 33.6 Å². The Hall–Kier alpha value is -0.600. The summed E-state index contributed by atoms with van der Waals surface area (Å²) >= 11 is 12.6. The standard InChI is InChI=1S/C15H22Cl2N2/c1-15(2,3)10-4-6-19(7-5-10)14-12(16)8-11(18)9-13(14)17/h8-10H,4-7,18H2,1-3H3. The van der Waals surface area contributed by atoms with Gasteiger partial charge in [0.2, 0.25) is 0 Å². The first-order valence-corrected chi connectivity index (χ1v) is 7.54. The minimum atomic E-state index is 0.376. The Kier molecular flexibility index (Phi) is 4.22. The largest absolute Gasteiger partial charge is 0.399 e. The van der Waals surface area contributed by atoms with Crippen molar-refractivity contribution < 1.29 is 0 Å². The number of nitrogens with two attached hydrogens (primary N) is 1. The molecule has 0 atom stereocenters. The molecule has 1 fully saturated rings. The molecular weight excluding hydrogens is 279 g/mol. The molecule has 0 bridgehead atoms. The first-order valence-electron chi connectivity index (χ1n) is 6.78. The van der Waals surface area contributed by atoms with E-state index in [-0.39, 0.29) is 0 Å². The van der Waals surface area contributed by atoms with E-state index in [4.69, 9.17) is 28.9 Å². The maximum atomic E-state index is 6.29. The highest BCUT2D eigenvalue weighted by Gasteiger charge is 2.30. The highest BCUT2D eigenvalue weighted by Crippen LogP contribution is 2.40. The van der Waals surface area contributed by atoms with E-state index in [1.165, 1.54) is 12.8 Å². The van der Waals surface area contributed by atoms with Gasteiger partial charge in [-0.05, 0) is 36.3 Å². The summed E-state index contributed by atoms with van der Waals surface area (Å²) in [6, 6.07) is 3.55. The van der Waals surface area contributed by atoms with Crippen LogP contribution in [0.25, 0.3) is 0 Å². The molecule has 2 N–H and O–H groups in total. The van der Waals surface area contributed by atoms with Crippen molar-refractivity contribution in [2.24, 2.45) is 11.3 Å². The predicted molar refractivity (Wildman–Crippen MR) is 85.3 cm³/mol. The maximum absolute atomic E-state index is 6.29. The van der Waals surface area contributed by atoms with Gasteiger partial charge in [-0.3, -0.25) is 0 Å². The van der Waals surface area contributed by atoms with Crippen LogP contribution in [0, 0.1) is 11.3 Å². The zero-order chi connectivity index (χ0) is 14.2. The van der Waals surface area contributed by atoms with E-state index in [9.17, 15) is 0 Å². The van der Waals surface area contributed by atoms with E-state index in [1.54, 1.807) is 12.1 Å². The minimum Gasteiger partial charge on any atom is -0.399 e. The van der Waals surface area contributed by atoms with Crippen molar-refractivity contribution in [1.82, 2.24) is 0 Å². The van der Waals surface area contributed by atoms with E-state index < -0.39 is 0 Å². The number of hydrogen-bond acceptors (Lipinski definition) is 2. The monoisotopic (exact) mass is 300 g/mol. The summed E-state index contributed by atoms with van der Waals surface area (Å²) in [5, 5.41) is 1.30. The Bertz CT molecular complexity index is 435. The second kappa shape index (κ2) is 5.41. The van der Waals surface area contributed by atoms with Gasteiger partial charge in [0.15, 0.2) is 0 Å². The second-order valence-corrected chi connectivity index (χ2v) is 7.27. The van der Waals surface area contributed by atoms with Gasteiger partial charge in [-0.2, -0.15) is 0 Å². The number of rotatable bonds is 1. The molecule has 2 rings (SSSR count). The summed E-state index contributed by atoms with van der Waals surface area (Å²) in [6.45, 7) is 8.96. The van der Waals surface area contributed by atoms with Gasteiger partial charge < -0.3 is 10.6 Å². The molecule has 0 unspecified atom stereocenters. The SMILES string of the molecule is CC(C)(C)C1CCN(c2c(Cl)cc(N)cc2Cl)CC1. The number of halogens is 2. The minimum absolute atomic E-state index is 0.376. The third-order valence-electron chi connectivity index (χ3n) is 4.08. The molecule has 0 aliphatic carbocycles. The van der Waals surface area contributed by atoms with Crippen LogP contribution in [0.15, 0.2) is 12.1 Å². The molecule has 19 heavy (non-hydrogen) atoms. The fourth-order valence-corrected chi connectivity index (χ4v) is 3.60. The molecular formula is C15H22Cl2N2. The molecule has 1 saturated heterocycles. The molecule has 1 aliphatic rings. The van der Waals surface area contributed by atoms with E-state index >= 15 is 0 Å². The van der Waals surface area contributed by atoms with Crippen LogP contribution >= 0.6 is 23.2 Å². The zero-order valence-corrected chi connectivity index (χ0v) is 13.4. The Balaban J connectivity index is 2.14. The van der Waals surface area contributed by atoms with Crippen LogP contribution in [0.3, 0.4) is 0 Å². The lowest BCUT2D eigenvalue weighted by Crippen LogP contribution is -2.38. The Labute approximate surface area is 125 Å². The second-order valence-electron chi connectivity index (χ2n) is 6.46. The number of benzene rings is 1. The van der Waals surface area contributed by atoms with Gasteiger partial charge in [0.25, 0.3) is 0 Å². The lowest BCUT2D eigenvalue weighted by Gasteiger charge is -2.40. The molecule has 2 nitrogen and oxygen atoms in total. The highest BCUT2D eigenvalue weighted by atomic mass is 35.5. The van der Waals surface area contributed by atoms with E-state index in [0.717, 1.165) is 24.7 Å². The number of nitrogen functional groups attached to an aromatic ring is 1. The van der Waals surface area contributed by atoms with E-state index in [1.807, 2.05) is 0 Å². The molecule has 0 saturated carbocycles. The quantitative estimate of drug-likeness (QED) is 0.752. The van der Waals surface area contributed by atoms with Crippen LogP contribution in [-0.2, 0) is 0 Å². The summed E-state index contributed by atoms with van der Waals surface area (Å²) in [5.41, 5.74) is 7.67. The van der Waals surface area contributed by atoms with Crippen LogP contribution in [0.5, 0.6) is 0 Å². The van der Waals surface area contributed by atoms with Gasteiger partial charge in [-0.25, -0.2) is 0 Å². The third kappa shape index (κ3) is 3.29. The summed E-state index contributed by atoms with van der Waals surface area (Å²) in [5.74, 6) is 0.759. The Morgan fingerprint density at radius 1 is 1.11 bits per heavy atom. The van der Waals surface area contributed by atoms with Crippen LogP contribution in [0.4, 0.5) is 11.4 Å². The molecule has 0 spiro atoms. The van der Waals surface area contributed by atoms with Gasteiger partial charge >= 0.3 is 0 Å². The van der Waals surface area contributed by atoms with Crippen LogP contribution in [0.2, 0.25) is 10.0 Å². The van der Waals surface area contributed by atoms with Gasteiger partial charge in [-0.1, -0.05) is 44.0 Å². The fraction of sp³-hybridized carbons (Fsp3) is 0.600. The van der Waals surface area contributed by atoms with Crippen LogP contribution < -0.4 is 10.6 Å². The molecule has 0 radical (unpaired) electrons. The number of piperidine rings is 1. The fourth-order valence-electron chi connectivity index (χ4n) is 2.86. The van der Waals surface area contributed by atoms with Crippen LogP contribution in [0.1, 0.15) is 33.6 Å². The molecule has 106 valence electrons. The van der Waals surface area contributed by atoms with Crippen molar-refractivity contribution in [2.75, 3.05) is 23.7 Å². The molecule has 1 aromatic carbocycles. The Morgan fingerprint density at radius 2 is 1.58 bits per heavy atom. The first kappa shape index (κ1) is 14.8. The lowest BCUT2D eigenvalue weighted by molar-refractivity contribution is 0.199. The summed E-state index contributed by atoms with van der Waals surface area (Å²) < 4.78 is 0. The van der Waals surface area contributed by atoms with Gasteiger partial charge in [-0.15, -0.1) is 0 Å². The number of anilines is 2. The first-order chi connectivity index (χ1) is 8.79. The van der Waals surface area contributed by atoms with Crippen molar-refractivity contribution >= 4 is 34.6 Å². The van der Waals surface area contributed by atoms with Crippen molar-refractivity contribution in [3.8, 4) is 0 Å². The molecule has 0 aromatic heterocycles. The average Bonchev–Trinajstić information content (AvgIpc) is 2.27. The maximum Gasteiger partial charge on any atom is 0.0746 e. The zero-order valence-electron chi connectivity index (χ0n) is 11.8. The van der Waals surface area contributed by atoms with Crippen molar-refractivity contribution in [1.29, 1.82) is 0 Å². The van der Waals surface area contributed by atoms with Crippen LogP contribution in [-0.4, -0.2) is 13.1 Å². The highest BCUT2D eigenvalue weighted by molar-refractivity contribution is 6.39. The normalized spacial score (nSPS) is 17.8. The molecule has 1 aromatic rings. The van der Waals surface area contributed by atoms with Crippen molar-refractivity contribution in [3.05, 3.63) is 22.2 Å². The third-order valence-corrected chi connectivity index (χ3v) is 4.65. The van der Waals surface area contributed by atoms with Crippen molar-refractivity contribution in [3.63, 3.8) is 0 Å². The lowest BCUT2D eigenvalue weighted by atomic mass is 9.75. The average molecular weight is 301 g/mol. The van der Waals surface area contributed by atoms with Gasteiger partial charge in [0.05, 0.1) is 15.7 Å². The topological polar surface area (TPSA) is 29.3 Å². The Morgan fingerprint density at radius 3 is 2.00 bits per heavy atom. The van der Waals surface area contributed by atoms with Gasteiger partial charge in [0, 0.05) is 18.8 Å². The molecule has 1 heterocycles.